The summed E-state index contributed by atoms with van der Waals surface area (Å²) >= 11 is 1.39. The van der Waals surface area contributed by atoms with Gasteiger partial charge >= 0.3 is 5.97 Å². The molecule has 4 nitrogen and oxygen atoms in total. The van der Waals surface area contributed by atoms with Crippen molar-refractivity contribution in [1.29, 1.82) is 0 Å². The van der Waals surface area contributed by atoms with Crippen LogP contribution in [-0.4, -0.2) is 16.7 Å². The van der Waals surface area contributed by atoms with E-state index < -0.39 is 5.97 Å². The summed E-state index contributed by atoms with van der Waals surface area (Å²) in [5, 5.41) is 2.50. The number of aromatic nitrogens is 1. The lowest BCUT2D eigenvalue weighted by molar-refractivity contribution is -0.133. The second-order valence-electron chi connectivity index (χ2n) is 5.60. The molecule has 0 N–H and O–H groups in total. The van der Waals surface area contributed by atoms with E-state index in [-0.39, 0.29) is 18.0 Å². The third-order valence-corrected chi connectivity index (χ3v) is 4.64. The van der Waals surface area contributed by atoms with E-state index in [1.165, 1.54) is 23.5 Å². The molecule has 0 aliphatic carbocycles. The molecule has 0 unspecified atom stereocenters. The van der Waals surface area contributed by atoms with Gasteiger partial charge in [-0.25, -0.2) is 9.37 Å². The smallest absolute Gasteiger partial charge is 0.317 e. The van der Waals surface area contributed by atoms with E-state index in [2.05, 4.69) is 4.98 Å². The molecule has 1 aromatic heterocycles. The fraction of sp³-hybridized carbons (Fsp3) is 0.150. The van der Waals surface area contributed by atoms with Gasteiger partial charge in [-0.3, -0.25) is 9.59 Å². The van der Waals surface area contributed by atoms with Gasteiger partial charge in [0.15, 0.2) is 5.78 Å². The number of thiazole rings is 1. The molecule has 0 atom stereocenters. The van der Waals surface area contributed by atoms with E-state index in [1.54, 1.807) is 48.7 Å². The summed E-state index contributed by atoms with van der Waals surface area (Å²) in [6.07, 6.45) is 0.465. The summed E-state index contributed by atoms with van der Waals surface area (Å²) in [7, 11) is 0. The molecule has 0 bridgehead atoms. The SMILES string of the molecule is CCC(=O)c1ccc(OC(=O)Cc2csc(-c3ccc(F)cc3)n2)cc1. The lowest BCUT2D eigenvalue weighted by atomic mass is 10.1. The monoisotopic (exact) mass is 369 g/mol. The number of hydrogen-bond donors (Lipinski definition) is 0. The van der Waals surface area contributed by atoms with Crippen LogP contribution in [0.2, 0.25) is 0 Å². The zero-order chi connectivity index (χ0) is 18.5. The summed E-state index contributed by atoms with van der Waals surface area (Å²) in [6.45, 7) is 1.80. The zero-order valence-corrected chi connectivity index (χ0v) is 14.9. The van der Waals surface area contributed by atoms with Gasteiger partial charge in [0.05, 0.1) is 12.1 Å². The molecule has 3 rings (SSSR count). The average molecular weight is 369 g/mol. The van der Waals surface area contributed by atoms with Crippen LogP contribution >= 0.6 is 11.3 Å². The van der Waals surface area contributed by atoms with Gasteiger partial charge < -0.3 is 4.74 Å². The summed E-state index contributed by atoms with van der Waals surface area (Å²) < 4.78 is 18.3. The molecule has 1 heterocycles. The maximum Gasteiger partial charge on any atom is 0.317 e. The van der Waals surface area contributed by atoms with Gasteiger partial charge in [0.2, 0.25) is 0 Å². The summed E-state index contributed by atoms with van der Waals surface area (Å²) in [5.41, 5.74) is 1.99. The lowest BCUT2D eigenvalue weighted by Gasteiger charge is -2.04. The minimum atomic E-state index is -0.435. The summed E-state index contributed by atoms with van der Waals surface area (Å²) in [5.74, 6) is -0.313. The fourth-order valence-electron chi connectivity index (χ4n) is 2.34. The molecule has 0 aliphatic rings. The fourth-order valence-corrected chi connectivity index (χ4v) is 3.17. The Bertz CT molecular complexity index is 917. The number of ketones is 1. The van der Waals surface area contributed by atoms with E-state index in [0.717, 1.165) is 10.6 Å². The van der Waals surface area contributed by atoms with Crippen LogP contribution in [0.4, 0.5) is 4.39 Å². The largest absolute Gasteiger partial charge is 0.426 e. The molecule has 0 radical (unpaired) electrons. The van der Waals surface area contributed by atoms with Crippen LogP contribution in [0.3, 0.4) is 0 Å². The van der Waals surface area contributed by atoms with Crippen LogP contribution < -0.4 is 4.74 Å². The summed E-state index contributed by atoms with van der Waals surface area (Å²) in [4.78, 5) is 28.1. The maximum atomic E-state index is 13.0. The molecule has 0 saturated carbocycles. The highest BCUT2D eigenvalue weighted by Crippen LogP contribution is 2.24. The molecule has 6 heteroatoms. The lowest BCUT2D eigenvalue weighted by Crippen LogP contribution is -2.11. The molecule has 132 valence electrons. The number of carbonyl (C=O) groups is 2. The second-order valence-corrected chi connectivity index (χ2v) is 6.46. The molecule has 0 fully saturated rings. The average Bonchev–Trinajstić information content (AvgIpc) is 3.10. The van der Waals surface area contributed by atoms with Crippen molar-refractivity contribution in [1.82, 2.24) is 4.98 Å². The van der Waals surface area contributed by atoms with Crippen LogP contribution in [0.5, 0.6) is 5.75 Å². The van der Waals surface area contributed by atoms with Gasteiger partial charge in [-0.15, -0.1) is 11.3 Å². The molecule has 0 saturated heterocycles. The van der Waals surface area contributed by atoms with Crippen molar-refractivity contribution in [2.75, 3.05) is 0 Å². The Hall–Kier alpha value is -2.86. The predicted octanol–water partition coefficient (Wildman–Crippen LogP) is 4.69. The van der Waals surface area contributed by atoms with Crippen LogP contribution in [0, 0.1) is 5.82 Å². The number of Topliss-reactive ketones (excluding diaryl/α,β-unsaturated/α-hetero) is 1. The zero-order valence-electron chi connectivity index (χ0n) is 14.1. The molecular weight excluding hydrogens is 353 g/mol. The molecule has 0 aliphatic heterocycles. The van der Waals surface area contributed by atoms with Gasteiger partial charge in [-0.1, -0.05) is 6.92 Å². The quantitative estimate of drug-likeness (QED) is 0.359. The van der Waals surface area contributed by atoms with E-state index in [9.17, 15) is 14.0 Å². The predicted molar refractivity (Wildman–Crippen MR) is 97.9 cm³/mol. The van der Waals surface area contributed by atoms with E-state index in [1.807, 2.05) is 0 Å². The third-order valence-electron chi connectivity index (χ3n) is 3.70. The number of hydrogen-bond acceptors (Lipinski definition) is 5. The van der Waals surface area contributed by atoms with Crippen molar-refractivity contribution in [3.8, 4) is 16.3 Å². The minimum Gasteiger partial charge on any atom is -0.426 e. The van der Waals surface area contributed by atoms with Crippen molar-refractivity contribution in [3.05, 3.63) is 71.0 Å². The highest BCUT2D eigenvalue weighted by molar-refractivity contribution is 7.13. The number of nitrogens with zero attached hydrogens (tertiary/aromatic N) is 1. The van der Waals surface area contributed by atoms with Crippen molar-refractivity contribution in [2.45, 2.75) is 19.8 Å². The molecule has 0 amide bonds. The van der Waals surface area contributed by atoms with Crippen molar-refractivity contribution >= 4 is 23.1 Å². The third kappa shape index (κ3) is 4.40. The Morgan fingerprint density at radius 2 is 1.77 bits per heavy atom. The molecule has 26 heavy (non-hydrogen) atoms. The van der Waals surface area contributed by atoms with E-state index in [4.69, 9.17) is 4.74 Å². The van der Waals surface area contributed by atoms with Crippen LogP contribution in [0.25, 0.3) is 10.6 Å². The Balaban J connectivity index is 1.61. The number of esters is 1. The number of rotatable bonds is 6. The Morgan fingerprint density at radius 1 is 1.08 bits per heavy atom. The molecule has 3 aromatic rings. The van der Waals surface area contributed by atoms with Gasteiger partial charge in [0, 0.05) is 22.9 Å². The molecule has 2 aromatic carbocycles. The first-order valence-electron chi connectivity index (χ1n) is 8.09. The second kappa shape index (κ2) is 8.01. The number of ether oxygens (including phenoxy) is 1. The van der Waals surface area contributed by atoms with E-state index in [0.29, 0.717) is 23.4 Å². The number of halogens is 1. The van der Waals surface area contributed by atoms with Gasteiger partial charge in [-0.05, 0) is 48.5 Å². The van der Waals surface area contributed by atoms with Crippen molar-refractivity contribution in [2.24, 2.45) is 0 Å². The standard InChI is InChI=1S/C20H16FNO3S/c1-2-18(23)13-5-9-17(10-6-13)25-19(24)11-16-12-26-20(22-16)14-3-7-15(21)8-4-14/h3-10,12H,2,11H2,1H3. The first-order valence-corrected chi connectivity index (χ1v) is 8.97. The molecule has 0 spiro atoms. The Kier molecular flexibility index (Phi) is 5.53. The number of benzene rings is 2. The topological polar surface area (TPSA) is 56.3 Å². The van der Waals surface area contributed by atoms with Crippen molar-refractivity contribution < 1.29 is 18.7 Å². The first kappa shape index (κ1) is 17.9. The van der Waals surface area contributed by atoms with Crippen LogP contribution in [0.1, 0.15) is 29.4 Å². The van der Waals surface area contributed by atoms with Gasteiger partial charge in [-0.2, -0.15) is 0 Å². The highest BCUT2D eigenvalue weighted by Gasteiger charge is 2.12. The minimum absolute atomic E-state index is 0.0351. The van der Waals surface area contributed by atoms with Gasteiger partial charge in [0.25, 0.3) is 0 Å². The summed E-state index contributed by atoms with van der Waals surface area (Å²) in [6, 6.07) is 12.5. The number of carbonyl (C=O) groups excluding carboxylic acids is 2. The van der Waals surface area contributed by atoms with Crippen LogP contribution in [-0.2, 0) is 11.2 Å². The van der Waals surface area contributed by atoms with Gasteiger partial charge in [0.1, 0.15) is 16.6 Å². The van der Waals surface area contributed by atoms with E-state index >= 15 is 0 Å². The first-order chi connectivity index (χ1) is 12.5. The normalized spacial score (nSPS) is 10.5. The molecular formula is C20H16FNO3S. The Labute approximate surface area is 154 Å². The maximum absolute atomic E-state index is 13.0. The Morgan fingerprint density at radius 3 is 2.42 bits per heavy atom. The van der Waals surface area contributed by atoms with Crippen LogP contribution in [0.15, 0.2) is 53.9 Å². The van der Waals surface area contributed by atoms with Crippen molar-refractivity contribution in [3.63, 3.8) is 0 Å². The highest BCUT2D eigenvalue weighted by atomic mass is 32.1.